The summed E-state index contributed by atoms with van der Waals surface area (Å²) in [6.45, 7) is 7.94. The van der Waals surface area contributed by atoms with E-state index in [0.717, 1.165) is 17.3 Å². The molecule has 1 aliphatic rings. The molecule has 19 heavy (non-hydrogen) atoms. The molecule has 108 valence electrons. The van der Waals surface area contributed by atoms with Crippen molar-refractivity contribution in [3.05, 3.63) is 17.6 Å². The fraction of sp³-hybridized carbons (Fsp3) is 0.714. The summed E-state index contributed by atoms with van der Waals surface area (Å²) in [4.78, 5) is 8.89. The molecule has 1 fully saturated rings. The van der Waals surface area contributed by atoms with E-state index in [-0.39, 0.29) is 17.4 Å². The Labute approximate surface area is 120 Å². The Hall–Kier alpha value is -0.810. The van der Waals surface area contributed by atoms with E-state index in [1.165, 1.54) is 12.8 Å². The first-order chi connectivity index (χ1) is 9.09. The molecule has 0 amide bonds. The maximum atomic E-state index is 9.04. The molecule has 1 atom stereocenters. The van der Waals surface area contributed by atoms with Gasteiger partial charge in [0.05, 0.1) is 17.0 Å². The summed E-state index contributed by atoms with van der Waals surface area (Å²) < 4.78 is 0.215. The van der Waals surface area contributed by atoms with Crippen LogP contribution >= 0.6 is 11.8 Å². The molecule has 0 aromatic carbocycles. The molecule has 0 radical (unpaired) electrons. The quantitative estimate of drug-likeness (QED) is 0.870. The van der Waals surface area contributed by atoms with Crippen LogP contribution < -0.4 is 5.32 Å². The van der Waals surface area contributed by atoms with Crippen LogP contribution in [0, 0.1) is 6.92 Å². The summed E-state index contributed by atoms with van der Waals surface area (Å²) in [5, 5.41) is 12.2. The van der Waals surface area contributed by atoms with Crippen molar-refractivity contribution in [2.45, 2.75) is 51.3 Å². The van der Waals surface area contributed by atoms with Gasteiger partial charge in [0.15, 0.2) is 0 Å². The summed E-state index contributed by atoms with van der Waals surface area (Å²) in [6, 6.07) is 2.03. The van der Waals surface area contributed by atoms with Crippen molar-refractivity contribution >= 4 is 17.6 Å². The van der Waals surface area contributed by atoms with E-state index in [2.05, 4.69) is 21.5 Å². The SMILES string of the molecule is CC.CSC1(c2cc(N[C@H](C)CO)nc(C)n2)CC1. The van der Waals surface area contributed by atoms with Crippen LogP contribution in [-0.4, -0.2) is 34.0 Å². The number of aliphatic hydroxyl groups excluding tert-OH is 1. The molecular weight excluding hydrogens is 258 g/mol. The highest BCUT2D eigenvalue weighted by Crippen LogP contribution is 2.55. The van der Waals surface area contributed by atoms with Gasteiger partial charge in [0.2, 0.25) is 0 Å². The van der Waals surface area contributed by atoms with Crippen LogP contribution in [0.3, 0.4) is 0 Å². The van der Waals surface area contributed by atoms with E-state index >= 15 is 0 Å². The fourth-order valence-electron chi connectivity index (χ4n) is 1.85. The second-order valence-electron chi connectivity index (χ2n) is 4.61. The minimum Gasteiger partial charge on any atom is -0.394 e. The van der Waals surface area contributed by atoms with E-state index in [1.54, 1.807) is 0 Å². The number of hydrogen-bond acceptors (Lipinski definition) is 5. The van der Waals surface area contributed by atoms with Crippen molar-refractivity contribution in [2.75, 3.05) is 18.2 Å². The van der Waals surface area contributed by atoms with Gasteiger partial charge in [-0.25, -0.2) is 9.97 Å². The minimum atomic E-state index is 0.0154. The average Bonchev–Trinajstić information content (AvgIpc) is 3.21. The van der Waals surface area contributed by atoms with Crippen molar-refractivity contribution in [1.29, 1.82) is 0 Å². The molecule has 5 heteroatoms. The van der Waals surface area contributed by atoms with Gasteiger partial charge in [0.1, 0.15) is 11.6 Å². The van der Waals surface area contributed by atoms with Gasteiger partial charge in [-0.2, -0.15) is 11.8 Å². The Bertz CT molecular complexity index is 408. The molecule has 1 aliphatic carbocycles. The van der Waals surface area contributed by atoms with Gasteiger partial charge in [-0.3, -0.25) is 0 Å². The lowest BCUT2D eigenvalue weighted by molar-refractivity contribution is 0.281. The monoisotopic (exact) mass is 283 g/mol. The van der Waals surface area contributed by atoms with E-state index in [0.29, 0.717) is 0 Å². The highest BCUT2D eigenvalue weighted by molar-refractivity contribution is 7.99. The maximum Gasteiger partial charge on any atom is 0.130 e. The number of rotatable bonds is 5. The van der Waals surface area contributed by atoms with Crippen molar-refractivity contribution in [3.8, 4) is 0 Å². The van der Waals surface area contributed by atoms with Crippen LogP contribution in [0.15, 0.2) is 6.07 Å². The number of anilines is 1. The standard InChI is InChI=1S/C12H19N3OS.C2H6/c1-8(7-16)13-11-6-10(14-9(2)15-11)12(17-3)4-5-12;1-2/h6,8,16H,4-5,7H2,1-3H3,(H,13,14,15);1-2H3/t8-;/m1./s1. The summed E-state index contributed by atoms with van der Waals surface area (Å²) in [6.07, 6.45) is 4.52. The first-order valence-corrected chi connectivity index (χ1v) is 8.11. The van der Waals surface area contributed by atoms with Gasteiger partial charge in [0.25, 0.3) is 0 Å². The molecule has 2 N–H and O–H groups in total. The van der Waals surface area contributed by atoms with Gasteiger partial charge >= 0.3 is 0 Å². The number of hydrogen-bond donors (Lipinski definition) is 2. The second-order valence-corrected chi connectivity index (χ2v) is 5.80. The highest BCUT2D eigenvalue weighted by Gasteiger charge is 2.45. The van der Waals surface area contributed by atoms with Crippen LogP contribution in [0.25, 0.3) is 0 Å². The molecule has 1 heterocycles. The fourth-order valence-corrected chi connectivity index (χ4v) is 2.68. The number of nitrogens with one attached hydrogen (secondary N) is 1. The Balaban J connectivity index is 0.000000861. The van der Waals surface area contributed by atoms with Crippen LogP contribution in [0.5, 0.6) is 0 Å². The lowest BCUT2D eigenvalue weighted by Gasteiger charge is -2.16. The van der Waals surface area contributed by atoms with Crippen molar-refractivity contribution in [1.82, 2.24) is 9.97 Å². The van der Waals surface area contributed by atoms with Gasteiger partial charge < -0.3 is 10.4 Å². The molecule has 1 aromatic heterocycles. The van der Waals surface area contributed by atoms with E-state index in [9.17, 15) is 0 Å². The Morgan fingerprint density at radius 3 is 2.53 bits per heavy atom. The lowest BCUT2D eigenvalue weighted by atomic mass is 10.2. The Morgan fingerprint density at radius 1 is 1.42 bits per heavy atom. The zero-order chi connectivity index (χ0) is 14.5. The van der Waals surface area contributed by atoms with Gasteiger partial charge in [-0.1, -0.05) is 13.8 Å². The average molecular weight is 283 g/mol. The number of aromatic nitrogens is 2. The van der Waals surface area contributed by atoms with Crippen LogP contribution in [0.1, 0.15) is 45.1 Å². The summed E-state index contributed by atoms with van der Waals surface area (Å²) >= 11 is 1.87. The third-order valence-corrected chi connectivity index (χ3v) is 4.47. The van der Waals surface area contributed by atoms with Crippen molar-refractivity contribution in [2.24, 2.45) is 0 Å². The van der Waals surface area contributed by atoms with Gasteiger partial charge in [-0.05, 0) is 32.9 Å². The topological polar surface area (TPSA) is 58.0 Å². The van der Waals surface area contributed by atoms with E-state index in [1.807, 2.05) is 45.5 Å². The summed E-state index contributed by atoms with van der Waals surface area (Å²) in [5.74, 6) is 1.60. The van der Waals surface area contributed by atoms with Crippen LogP contribution in [0.2, 0.25) is 0 Å². The maximum absolute atomic E-state index is 9.04. The molecule has 0 saturated heterocycles. The van der Waals surface area contributed by atoms with E-state index in [4.69, 9.17) is 5.11 Å². The van der Waals surface area contributed by atoms with E-state index < -0.39 is 0 Å². The number of thioether (sulfide) groups is 1. The zero-order valence-electron chi connectivity index (χ0n) is 12.5. The molecule has 0 unspecified atom stereocenters. The predicted molar refractivity (Wildman–Crippen MR) is 82.7 cm³/mol. The van der Waals surface area contributed by atoms with Crippen molar-refractivity contribution < 1.29 is 5.11 Å². The number of nitrogens with zero attached hydrogens (tertiary/aromatic N) is 2. The lowest BCUT2D eigenvalue weighted by Crippen LogP contribution is -2.21. The summed E-state index contributed by atoms with van der Waals surface area (Å²) in [5.41, 5.74) is 1.12. The second kappa shape index (κ2) is 7.10. The molecule has 2 rings (SSSR count). The van der Waals surface area contributed by atoms with Crippen molar-refractivity contribution in [3.63, 3.8) is 0 Å². The molecule has 0 spiro atoms. The zero-order valence-corrected chi connectivity index (χ0v) is 13.3. The molecule has 0 bridgehead atoms. The third kappa shape index (κ3) is 4.08. The normalized spacial score (nSPS) is 17.2. The molecular formula is C14H25N3OS. The molecule has 1 aromatic rings. The first-order valence-electron chi connectivity index (χ1n) is 6.88. The molecule has 1 saturated carbocycles. The predicted octanol–water partition coefficient (Wildman–Crippen LogP) is 2.96. The highest BCUT2D eigenvalue weighted by atomic mass is 32.2. The third-order valence-electron chi connectivity index (χ3n) is 3.07. The smallest absolute Gasteiger partial charge is 0.130 e. The molecule has 4 nitrogen and oxygen atoms in total. The number of aliphatic hydroxyl groups is 1. The number of aryl methyl sites for hydroxylation is 1. The molecule has 0 aliphatic heterocycles. The summed E-state index contributed by atoms with van der Waals surface area (Å²) in [7, 11) is 0. The van der Waals surface area contributed by atoms with Crippen LogP contribution in [-0.2, 0) is 4.75 Å². The largest absolute Gasteiger partial charge is 0.394 e. The van der Waals surface area contributed by atoms with Crippen LogP contribution in [0.4, 0.5) is 5.82 Å². The Morgan fingerprint density at radius 2 is 2.05 bits per heavy atom. The minimum absolute atomic E-state index is 0.0154. The van der Waals surface area contributed by atoms with Gasteiger partial charge in [0, 0.05) is 12.1 Å². The first kappa shape index (κ1) is 16.2. The van der Waals surface area contributed by atoms with Gasteiger partial charge in [-0.15, -0.1) is 0 Å². The Kier molecular flexibility index (Phi) is 6.07.